The number of thiol groups is 1. The molecule has 0 nitrogen and oxygen atoms in total. The highest BCUT2D eigenvalue weighted by molar-refractivity contribution is 7.81. The van der Waals surface area contributed by atoms with Gasteiger partial charge in [-0.05, 0) is 18.8 Å². The smallest absolute Gasteiger partial charge is 0.0101 e. The minimum absolute atomic E-state index is 0.201. The van der Waals surface area contributed by atoms with Crippen molar-refractivity contribution in [3.63, 3.8) is 0 Å². The largest absolute Gasteiger partial charge is 0.173 e. The van der Waals surface area contributed by atoms with Crippen molar-refractivity contribution in [2.24, 2.45) is 5.92 Å². The molecular formula is C20H42S. The summed E-state index contributed by atoms with van der Waals surface area (Å²) >= 11 is 4.87. The van der Waals surface area contributed by atoms with Crippen LogP contribution in [-0.4, -0.2) is 4.75 Å². The zero-order valence-electron chi connectivity index (χ0n) is 15.4. The molecule has 21 heavy (non-hydrogen) atoms. The molecule has 0 N–H and O–H groups in total. The van der Waals surface area contributed by atoms with E-state index in [1.165, 1.54) is 89.9 Å². The van der Waals surface area contributed by atoms with Gasteiger partial charge in [0.25, 0.3) is 0 Å². The van der Waals surface area contributed by atoms with Gasteiger partial charge in [0.2, 0.25) is 0 Å². The first kappa shape index (κ1) is 21.4. The summed E-state index contributed by atoms with van der Waals surface area (Å²) in [6.45, 7) is 9.21. The molecule has 0 aromatic carbocycles. The van der Waals surface area contributed by atoms with Crippen LogP contribution >= 0.6 is 12.6 Å². The maximum Gasteiger partial charge on any atom is 0.0101 e. The first-order valence-electron chi connectivity index (χ1n) is 9.74. The maximum atomic E-state index is 4.87. The normalized spacial score (nSPS) is 12.3. The average Bonchev–Trinajstić information content (AvgIpc) is 2.42. The summed E-state index contributed by atoms with van der Waals surface area (Å²) in [6, 6.07) is 0. The lowest BCUT2D eigenvalue weighted by atomic mass is 9.85. The molecule has 0 aliphatic heterocycles. The Morgan fingerprint density at radius 3 is 1.29 bits per heavy atom. The van der Waals surface area contributed by atoms with Gasteiger partial charge in [0.15, 0.2) is 0 Å². The molecule has 0 atom stereocenters. The number of hydrogen-bond donors (Lipinski definition) is 1. The Bertz CT molecular complexity index is 188. The SMILES string of the molecule is CCCCCCCCC(CCCCCCCC)C(C)(C)S. The zero-order valence-corrected chi connectivity index (χ0v) is 16.3. The fourth-order valence-electron chi connectivity index (χ4n) is 3.19. The van der Waals surface area contributed by atoms with Gasteiger partial charge >= 0.3 is 0 Å². The van der Waals surface area contributed by atoms with Gasteiger partial charge in [-0.2, -0.15) is 12.6 Å². The third-order valence-electron chi connectivity index (χ3n) is 4.81. The monoisotopic (exact) mass is 314 g/mol. The van der Waals surface area contributed by atoms with Gasteiger partial charge in [0, 0.05) is 4.75 Å². The van der Waals surface area contributed by atoms with Crippen LogP contribution in [0.4, 0.5) is 0 Å². The van der Waals surface area contributed by atoms with Crippen LogP contribution in [0.15, 0.2) is 0 Å². The zero-order chi connectivity index (χ0) is 16.0. The van der Waals surface area contributed by atoms with Gasteiger partial charge in [-0.1, -0.05) is 105 Å². The van der Waals surface area contributed by atoms with Crippen LogP contribution in [0.3, 0.4) is 0 Å². The molecule has 0 fully saturated rings. The van der Waals surface area contributed by atoms with Crippen molar-refractivity contribution >= 4 is 12.6 Å². The molecule has 1 heteroatoms. The van der Waals surface area contributed by atoms with E-state index in [9.17, 15) is 0 Å². The van der Waals surface area contributed by atoms with E-state index in [2.05, 4.69) is 27.7 Å². The van der Waals surface area contributed by atoms with E-state index in [4.69, 9.17) is 12.6 Å². The average molecular weight is 315 g/mol. The van der Waals surface area contributed by atoms with Crippen LogP contribution in [0.2, 0.25) is 0 Å². The lowest BCUT2D eigenvalue weighted by Crippen LogP contribution is -2.24. The Balaban J connectivity index is 3.74. The Morgan fingerprint density at radius 2 is 0.952 bits per heavy atom. The molecule has 0 spiro atoms. The first-order valence-corrected chi connectivity index (χ1v) is 10.2. The molecular weight excluding hydrogens is 272 g/mol. The van der Waals surface area contributed by atoms with Crippen molar-refractivity contribution in [3.8, 4) is 0 Å². The van der Waals surface area contributed by atoms with E-state index in [-0.39, 0.29) is 4.75 Å². The van der Waals surface area contributed by atoms with Crippen molar-refractivity contribution in [3.05, 3.63) is 0 Å². The molecule has 0 aromatic rings. The van der Waals surface area contributed by atoms with Gasteiger partial charge in [0.05, 0.1) is 0 Å². The summed E-state index contributed by atoms with van der Waals surface area (Å²) in [7, 11) is 0. The Kier molecular flexibility index (Phi) is 14.2. The molecule has 0 saturated carbocycles. The van der Waals surface area contributed by atoms with Crippen LogP contribution in [-0.2, 0) is 0 Å². The highest BCUT2D eigenvalue weighted by Gasteiger charge is 2.24. The molecule has 0 aliphatic rings. The summed E-state index contributed by atoms with van der Waals surface area (Å²) in [6.07, 6.45) is 19.7. The quantitative estimate of drug-likeness (QED) is 0.231. The topological polar surface area (TPSA) is 0 Å². The molecule has 0 rings (SSSR count). The van der Waals surface area contributed by atoms with Crippen LogP contribution in [0.5, 0.6) is 0 Å². The van der Waals surface area contributed by atoms with E-state index in [0.29, 0.717) is 0 Å². The predicted octanol–water partition coefficient (Wildman–Crippen LogP) is 7.81. The standard InChI is InChI=1S/C20H42S/c1-5-7-9-11-13-15-17-19(20(3,4)21)18-16-14-12-10-8-6-2/h19,21H,5-18H2,1-4H3. The fourth-order valence-corrected chi connectivity index (χ4v) is 3.45. The van der Waals surface area contributed by atoms with Gasteiger partial charge in [-0.25, -0.2) is 0 Å². The van der Waals surface area contributed by atoms with E-state index >= 15 is 0 Å². The molecule has 0 aromatic heterocycles. The third kappa shape index (κ3) is 13.7. The van der Waals surface area contributed by atoms with Gasteiger partial charge < -0.3 is 0 Å². The second-order valence-electron chi connectivity index (χ2n) is 7.46. The molecule has 0 unspecified atom stereocenters. The van der Waals surface area contributed by atoms with E-state index in [1.807, 2.05) is 0 Å². The molecule has 0 heterocycles. The van der Waals surface area contributed by atoms with Crippen molar-refractivity contribution < 1.29 is 0 Å². The van der Waals surface area contributed by atoms with Crippen molar-refractivity contribution in [2.75, 3.05) is 0 Å². The number of rotatable bonds is 15. The van der Waals surface area contributed by atoms with Crippen LogP contribution in [0.25, 0.3) is 0 Å². The third-order valence-corrected chi connectivity index (χ3v) is 5.18. The Morgan fingerprint density at radius 1 is 0.619 bits per heavy atom. The Labute approximate surface area is 141 Å². The summed E-state index contributed by atoms with van der Waals surface area (Å²) in [5.41, 5.74) is 0. The predicted molar refractivity (Wildman–Crippen MR) is 103 cm³/mol. The summed E-state index contributed by atoms with van der Waals surface area (Å²) in [5.74, 6) is 0.804. The molecule has 0 aliphatic carbocycles. The molecule has 0 saturated heterocycles. The second-order valence-corrected chi connectivity index (χ2v) is 8.62. The van der Waals surface area contributed by atoms with Crippen LogP contribution in [0.1, 0.15) is 118 Å². The minimum atomic E-state index is 0.201. The van der Waals surface area contributed by atoms with Crippen LogP contribution < -0.4 is 0 Å². The minimum Gasteiger partial charge on any atom is -0.173 e. The van der Waals surface area contributed by atoms with Crippen molar-refractivity contribution in [2.45, 2.75) is 122 Å². The van der Waals surface area contributed by atoms with E-state index in [0.717, 1.165) is 5.92 Å². The summed E-state index contributed by atoms with van der Waals surface area (Å²) in [5, 5.41) is 0. The van der Waals surface area contributed by atoms with Gasteiger partial charge in [0.1, 0.15) is 0 Å². The van der Waals surface area contributed by atoms with Gasteiger partial charge in [-0.15, -0.1) is 0 Å². The van der Waals surface area contributed by atoms with E-state index < -0.39 is 0 Å². The lowest BCUT2D eigenvalue weighted by molar-refractivity contribution is 0.342. The van der Waals surface area contributed by atoms with Crippen molar-refractivity contribution in [1.29, 1.82) is 0 Å². The second kappa shape index (κ2) is 14.0. The highest BCUT2D eigenvalue weighted by atomic mass is 32.1. The van der Waals surface area contributed by atoms with Crippen LogP contribution in [0, 0.1) is 5.92 Å². The fraction of sp³-hybridized carbons (Fsp3) is 1.00. The number of unbranched alkanes of at least 4 members (excludes halogenated alkanes) is 10. The molecule has 0 radical (unpaired) electrons. The van der Waals surface area contributed by atoms with Gasteiger partial charge in [-0.3, -0.25) is 0 Å². The molecule has 0 amide bonds. The lowest BCUT2D eigenvalue weighted by Gasteiger charge is -2.30. The van der Waals surface area contributed by atoms with Crippen molar-refractivity contribution in [1.82, 2.24) is 0 Å². The highest BCUT2D eigenvalue weighted by Crippen LogP contribution is 2.33. The van der Waals surface area contributed by atoms with E-state index in [1.54, 1.807) is 0 Å². The molecule has 0 bridgehead atoms. The molecule has 128 valence electrons. The Hall–Kier alpha value is 0.350. The summed E-state index contributed by atoms with van der Waals surface area (Å²) in [4.78, 5) is 0. The first-order chi connectivity index (χ1) is 10.0. The maximum absolute atomic E-state index is 4.87. The number of hydrogen-bond acceptors (Lipinski definition) is 1. The summed E-state index contributed by atoms with van der Waals surface area (Å²) < 4.78 is 0.201.